The predicted octanol–water partition coefficient (Wildman–Crippen LogP) is 2.92. The smallest absolute Gasteiger partial charge is 0.329 e. The summed E-state index contributed by atoms with van der Waals surface area (Å²) in [5.74, 6) is 0.0589. The van der Waals surface area contributed by atoms with E-state index in [1.165, 1.54) is 0 Å². The average Bonchev–Trinajstić information content (AvgIpc) is 3.27. The fourth-order valence-electron chi connectivity index (χ4n) is 5.99. The summed E-state index contributed by atoms with van der Waals surface area (Å²) in [7, 11) is 0. The van der Waals surface area contributed by atoms with E-state index in [4.69, 9.17) is 0 Å². The molecule has 1 aromatic carbocycles. The number of benzene rings is 1. The van der Waals surface area contributed by atoms with E-state index in [0.717, 1.165) is 31.2 Å². The summed E-state index contributed by atoms with van der Waals surface area (Å²) in [5.41, 5.74) is 1.57. The van der Waals surface area contributed by atoms with Crippen LogP contribution in [0.2, 0.25) is 0 Å². The van der Waals surface area contributed by atoms with Crippen LogP contribution in [0.4, 0.5) is 0 Å². The Morgan fingerprint density at radius 1 is 1.02 bits per heavy atom. The summed E-state index contributed by atoms with van der Waals surface area (Å²) >= 11 is 0. The van der Waals surface area contributed by atoms with E-state index in [1.54, 1.807) is 9.13 Å². The second kappa shape index (κ2) is 14.5. The molecular formula is C31H46N6O4. The fraction of sp³-hybridized carbons (Fsp3) is 0.613. The van der Waals surface area contributed by atoms with Gasteiger partial charge in [-0.25, -0.2) is 4.79 Å². The van der Waals surface area contributed by atoms with Gasteiger partial charge in [-0.15, -0.1) is 0 Å². The van der Waals surface area contributed by atoms with Gasteiger partial charge < -0.3 is 20.9 Å². The number of nitrogens with zero attached hydrogens (tertiary/aromatic N) is 3. The summed E-state index contributed by atoms with van der Waals surface area (Å²) < 4.78 is 3.41. The molecule has 1 aliphatic heterocycles. The molecule has 1 unspecified atom stereocenters. The Bertz CT molecular complexity index is 1250. The highest BCUT2D eigenvalue weighted by Crippen LogP contribution is 2.34. The lowest BCUT2D eigenvalue weighted by Gasteiger charge is -2.34. The number of hydrogen-bond donors (Lipinski definition) is 3. The van der Waals surface area contributed by atoms with Crippen LogP contribution in [-0.2, 0) is 16.1 Å². The molecule has 41 heavy (non-hydrogen) atoms. The standard InChI is InChI=1S/C31H46N6O4/c1-4-26(38)34-24-13-8-9-14-25(24)37-28(23-11-6-5-7-12-23)29(30(40)35-19-16-32-17-20-35)36(31(37)41)18-10-15-33-27(39)21-22(2)3/h5-7,11-12,22,24-25,32H,4,8-10,13-21H2,1-3H3,(H,33,39)(H,34,38)/t24-,25?/m0/s1. The molecule has 1 saturated carbocycles. The SMILES string of the molecule is CCC(=O)N[C@H]1CCCCC1n1c(-c2ccccc2)c(C(=O)N2CCNCC2)n(CCCNC(=O)CC(C)C)c1=O. The first-order valence-corrected chi connectivity index (χ1v) is 15.3. The van der Waals surface area contributed by atoms with Crippen LogP contribution in [0.3, 0.4) is 0 Å². The lowest BCUT2D eigenvalue weighted by molar-refractivity contribution is -0.122. The first-order valence-electron chi connectivity index (χ1n) is 15.3. The van der Waals surface area contributed by atoms with Gasteiger partial charge in [-0.1, -0.05) is 63.9 Å². The second-order valence-corrected chi connectivity index (χ2v) is 11.6. The maximum atomic E-state index is 14.4. The molecule has 0 bridgehead atoms. The van der Waals surface area contributed by atoms with Crippen LogP contribution in [0, 0.1) is 5.92 Å². The van der Waals surface area contributed by atoms with Gasteiger partial charge >= 0.3 is 5.69 Å². The van der Waals surface area contributed by atoms with Gasteiger partial charge in [0.05, 0.1) is 11.7 Å². The highest BCUT2D eigenvalue weighted by Gasteiger charge is 2.36. The van der Waals surface area contributed by atoms with Gasteiger partial charge in [-0.05, 0) is 25.2 Å². The summed E-state index contributed by atoms with van der Waals surface area (Å²) in [6.45, 7) is 9.09. The van der Waals surface area contributed by atoms with Crippen molar-refractivity contribution in [2.24, 2.45) is 5.92 Å². The highest BCUT2D eigenvalue weighted by molar-refractivity contribution is 5.99. The third-order valence-corrected chi connectivity index (χ3v) is 8.03. The van der Waals surface area contributed by atoms with E-state index in [9.17, 15) is 19.2 Å². The summed E-state index contributed by atoms with van der Waals surface area (Å²) in [4.78, 5) is 55.1. The third-order valence-electron chi connectivity index (χ3n) is 8.03. The lowest BCUT2D eigenvalue weighted by atomic mass is 9.89. The normalized spacial score (nSPS) is 19.3. The zero-order valence-corrected chi connectivity index (χ0v) is 24.8. The summed E-state index contributed by atoms with van der Waals surface area (Å²) in [6.07, 6.45) is 4.79. The van der Waals surface area contributed by atoms with Crippen LogP contribution in [0.15, 0.2) is 35.1 Å². The summed E-state index contributed by atoms with van der Waals surface area (Å²) in [5, 5.41) is 9.42. The Kier molecular flexibility index (Phi) is 10.8. The van der Waals surface area contributed by atoms with Crippen molar-refractivity contribution in [3.63, 3.8) is 0 Å². The topological polar surface area (TPSA) is 117 Å². The van der Waals surface area contributed by atoms with Gasteiger partial charge in [0.25, 0.3) is 5.91 Å². The lowest BCUT2D eigenvalue weighted by Crippen LogP contribution is -2.47. The minimum atomic E-state index is -0.261. The Morgan fingerprint density at radius 3 is 2.41 bits per heavy atom. The van der Waals surface area contributed by atoms with Crippen LogP contribution >= 0.6 is 0 Å². The molecule has 4 rings (SSSR count). The molecule has 0 spiro atoms. The highest BCUT2D eigenvalue weighted by atomic mass is 16.2. The number of nitrogens with one attached hydrogen (secondary N) is 3. The maximum absolute atomic E-state index is 14.4. The van der Waals surface area contributed by atoms with Gasteiger partial charge in [0.15, 0.2) is 0 Å². The van der Waals surface area contributed by atoms with Gasteiger partial charge in [0.2, 0.25) is 11.8 Å². The Labute approximate surface area is 242 Å². The van der Waals surface area contributed by atoms with Gasteiger partial charge in [0, 0.05) is 63.7 Å². The van der Waals surface area contributed by atoms with Gasteiger partial charge in [-0.3, -0.25) is 23.5 Å². The largest absolute Gasteiger partial charge is 0.356 e. The quantitative estimate of drug-likeness (QED) is 0.362. The molecule has 2 aliphatic rings. The minimum Gasteiger partial charge on any atom is -0.356 e. The molecule has 10 heteroatoms. The van der Waals surface area contributed by atoms with Crippen LogP contribution in [0.25, 0.3) is 11.3 Å². The van der Waals surface area contributed by atoms with Crippen LogP contribution in [0.5, 0.6) is 0 Å². The fourth-order valence-corrected chi connectivity index (χ4v) is 5.99. The number of carbonyl (C=O) groups is 3. The van der Waals surface area contributed by atoms with E-state index in [1.807, 2.05) is 56.0 Å². The van der Waals surface area contributed by atoms with E-state index >= 15 is 0 Å². The van der Waals surface area contributed by atoms with Crippen molar-refractivity contribution >= 4 is 17.7 Å². The van der Waals surface area contributed by atoms with Crippen molar-refractivity contribution < 1.29 is 14.4 Å². The molecule has 1 aliphatic carbocycles. The molecule has 3 N–H and O–H groups in total. The average molecular weight is 567 g/mol. The minimum absolute atomic E-state index is 0.0104. The molecule has 2 atom stereocenters. The Morgan fingerprint density at radius 2 is 1.73 bits per heavy atom. The number of imidazole rings is 1. The van der Waals surface area contributed by atoms with Crippen LogP contribution in [0.1, 0.15) is 82.2 Å². The van der Waals surface area contributed by atoms with E-state index in [0.29, 0.717) is 69.9 Å². The van der Waals surface area contributed by atoms with E-state index in [2.05, 4.69) is 16.0 Å². The number of rotatable bonds is 11. The molecule has 2 aromatic rings. The molecule has 1 aromatic heterocycles. The van der Waals surface area contributed by atoms with Crippen molar-refractivity contribution in [2.75, 3.05) is 32.7 Å². The van der Waals surface area contributed by atoms with Crippen molar-refractivity contribution in [1.29, 1.82) is 0 Å². The zero-order chi connectivity index (χ0) is 29.4. The third kappa shape index (κ3) is 7.47. The van der Waals surface area contributed by atoms with Gasteiger partial charge in [0.1, 0.15) is 5.69 Å². The Hall–Kier alpha value is -3.40. The second-order valence-electron chi connectivity index (χ2n) is 11.6. The molecule has 1 saturated heterocycles. The Balaban J connectivity index is 1.79. The van der Waals surface area contributed by atoms with Gasteiger partial charge in [-0.2, -0.15) is 0 Å². The number of carbonyl (C=O) groups excluding carboxylic acids is 3. The molecule has 0 radical (unpaired) electrons. The van der Waals surface area contributed by atoms with E-state index < -0.39 is 0 Å². The summed E-state index contributed by atoms with van der Waals surface area (Å²) in [6, 6.07) is 9.20. The molecular weight excluding hydrogens is 520 g/mol. The maximum Gasteiger partial charge on any atom is 0.329 e. The molecule has 2 heterocycles. The van der Waals surface area contributed by atoms with Crippen molar-refractivity contribution in [3.05, 3.63) is 46.5 Å². The van der Waals surface area contributed by atoms with E-state index in [-0.39, 0.29) is 41.4 Å². The monoisotopic (exact) mass is 566 g/mol. The molecule has 10 nitrogen and oxygen atoms in total. The number of hydrogen-bond acceptors (Lipinski definition) is 5. The first-order chi connectivity index (χ1) is 19.8. The first kappa shape index (κ1) is 30.6. The van der Waals surface area contributed by atoms with Crippen molar-refractivity contribution in [3.8, 4) is 11.3 Å². The molecule has 2 fully saturated rings. The number of amides is 3. The zero-order valence-electron chi connectivity index (χ0n) is 24.8. The molecule has 224 valence electrons. The van der Waals surface area contributed by atoms with Crippen molar-refractivity contribution in [2.45, 2.75) is 84.3 Å². The van der Waals surface area contributed by atoms with Crippen LogP contribution < -0.4 is 21.6 Å². The predicted molar refractivity (Wildman–Crippen MR) is 160 cm³/mol. The number of aromatic nitrogens is 2. The van der Waals surface area contributed by atoms with Crippen LogP contribution in [-0.4, -0.2) is 70.5 Å². The van der Waals surface area contributed by atoms with Crippen molar-refractivity contribution in [1.82, 2.24) is 30.0 Å². The molecule has 3 amide bonds. The number of piperazine rings is 1.